The fourth-order valence-electron chi connectivity index (χ4n) is 0.606. The van der Waals surface area contributed by atoms with Crippen molar-refractivity contribution >= 4 is 47.8 Å². The van der Waals surface area contributed by atoms with Crippen LogP contribution in [0.4, 0.5) is 0 Å². The monoisotopic (exact) mass is 342 g/mol. The van der Waals surface area contributed by atoms with Gasteiger partial charge in [0.1, 0.15) is 4.60 Å². The highest BCUT2D eigenvalue weighted by atomic mass is 79.9. The number of hydrogen-bond donors (Lipinski definition) is 0. The fourth-order valence-corrected chi connectivity index (χ4v) is 1.25. The first kappa shape index (κ1) is 9.48. The Morgan fingerprint density at radius 1 is 1.64 bits per heavy atom. The van der Waals surface area contributed by atoms with Gasteiger partial charge >= 0.3 is 0 Å². The lowest BCUT2D eigenvalue weighted by atomic mass is 10.6. The lowest BCUT2D eigenvalue weighted by Crippen LogP contribution is -1.96. The number of halogens is 3. The molecule has 0 N–H and O–H groups in total. The first-order valence-electron chi connectivity index (χ1n) is 2.88. The average Bonchev–Trinajstić information content (AvgIpc) is 2.31. The van der Waals surface area contributed by atoms with Gasteiger partial charge in [-0.1, -0.05) is 0 Å². The van der Waals surface area contributed by atoms with E-state index < -0.39 is 0 Å². The van der Waals surface area contributed by atoms with Gasteiger partial charge in [0, 0.05) is 0 Å². The van der Waals surface area contributed by atoms with Crippen molar-refractivity contribution in [3.05, 3.63) is 26.3 Å². The molecule has 0 aliphatic heterocycles. The van der Waals surface area contributed by atoms with Crippen LogP contribution in [-0.4, -0.2) is 9.78 Å². The molecule has 0 aromatic carbocycles. The Hall–Kier alpha value is 0.390. The van der Waals surface area contributed by atoms with Crippen LogP contribution >= 0.6 is 47.8 Å². The molecule has 0 unspecified atom stereocenters. The van der Waals surface area contributed by atoms with Gasteiger partial charge in [-0.2, -0.15) is 5.10 Å². The van der Waals surface area contributed by atoms with Crippen molar-refractivity contribution in [2.45, 2.75) is 6.54 Å². The second kappa shape index (κ2) is 4.42. The summed E-state index contributed by atoms with van der Waals surface area (Å²) in [4.78, 5) is 0. The Morgan fingerprint density at radius 2 is 2.36 bits per heavy atom. The van der Waals surface area contributed by atoms with Crippen molar-refractivity contribution < 1.29 is 0 Å². The van der Waals surface area contributed by atoms with E-state index in [4.69, 9.17) is 0 Å². The zero-order valence-corrected chi connectivity index (χ0v) is 10.2. The Bertz CT molecular complexity index is 263. The summed E-state index contributed by atoms with van der Waals surface area (Å²) >= 11 is 9.89. The van der Waals surface area contributed by atoms with Gasteiger partial charge in [-0.25, -0.2) is 0 Å². The topological polar surface area (TPSA) is 17.8 Å². The van der Waals surface area contributed by atoms with Crippen LogP contribution in [0.1, 0.15) is 0 Å². The highest BCUT2D eigenvalue weighted by molar-refractivity contribution is 9.28. The van der Waals surface area contributed by atoms with Gasteiger partial charge in [0.05, 0.1) is 16.1 Å². The summed E-state index contributed by atoms with van der Waals surface area (Å²) < 4.78 is 3.75. The van der Waals surface area contributed by atoms with Gasteiger partial charge in [-0.15, -0.1) is 0 Å². The Labute approximate surface area is 90.0 Å². The summed E-state index contributed by atoms with van der Waals surface area (Å²) in [5, 5.41) is 4.07. The maximum atomic E-state index is 4.07. The first-order chi connectivity index (χ1) is 5.20. The van der Waals surface area contributed by atoms with E-state index in [1.807, 2.05) is 16.8 Å². The summed E-state index contributed by atoms with van der Waals surface area (Å²) in [6.45, 7) is 0.749. The van der Waals surface area contributed by atoms with Crippen LogP contribution in [0.15, 0.2) is 26.3 Å². The number of hydrogen-bond acceptors (Lipinski definition) is 1. The van der Waals surface area contributed by atoms with E-state index in [1.165, 1.54) is 0 Å². The Balaban J connectivity index is 2.65. The van der Waals surface area contributed by atoms with Crippen LogP contribution in [0.5, 0.6) is 0 Å². The van der Waals surface area contributed by atoms with E-state index >= 15 is 0 Å². The van der Waals surface area contributed by atoms with Crippen molar-refractivity contribution in [2.24, 2.45) is 0 Å². The van der Waals surface area contributed by atoms with E-state index in [1.54, 1.807) is 6.20 Å². The third-order valence-corrected chi connectivity index (χ3v) is 2.40. The molecule has 5 heteroatoms. The van der Waals surface area contributed by atoms with E-state index in [-0.39, 0.29) is 0 Å². The fraction of sp³-hybridized carbons (Fsp3) is 0.167. The summed E-state index contributed by atoms with van der Waals surface area (Å²) in [5.41, 5.74) is 0. The van der Waals surface area contributed by atoms with E-state index in [9.17, 15) is 0 Å². The molecular weight excluding hydrogens is 340 g/mol. The highest BCUT2D eigenvalue weighted by Crippen LogP contribution is 2.14. The molecule has 0 fully saturated rings. The van der Waals surface area contributed by atoms with Crippen molar-refractivity contribution in [1.29, 1.82) is 0 Å². The Morgan fingerprint density at radius 3 is 2.82 bits per heavy atom. The van der Waals surface area contributed by atoms with Crippen molar-refractivity contribution in [1.82, 2.24) is 9.78 Å². The standard InChI is InChI=1S/C6H5Br3N2/c7-5(8)2-4-11-6(9)1-3-10-11/h1-3H,4H2. The van der Waals surface area contributed by atoms with E-state index in [0.717, 1.165) is 14.5 Å². The van der Waals surface area contributed by atoms with Crippen LogP contribution in [0.2, 0.25) is 0 Å². The van der Waals surface area contributed by atoms with Crippen LogP contribution < -0.4 is 0 Å². The van der Waals surface area contributed by atoms with Gasteiger partial charge in [0.2, 0.25) is 0 Å². The molecule has 2 nitrogen and oxygen atoms in total. The predicted molar refractivity (Wildman–Crippen MR) is 55.9 cm³/mol. The van der Waals surface area contributed by atoms with Gasteiger partial charge in [0.25, 0.3) is 0 Å². The molecule has 0 saturated carbocycles. The number of allylic oxidation sites excluding steroid dienone is 1. The molecule has 0 spiro atoms. The molecule has 0 aliphatic carbocycles. The second-order valence-corrected chi connectivity index (χ2v) is 5.42. The molecule has 0 radical (unpaired) electrons. The summed E-state index contributed by atoms with van der Waals surface area (Å²) in [6, 6.07) is 1.90. The minimum Gasteiger partial charge on any atom is -0.255 e. The van der Waals surface area contributed by atoms with Crippen molar-refractivity contribution in [2.75, 3.05) is 0 Å². The third kappa shape index (κ3) is 3.09. The Kier molecular flexibility index (Phi) is 3.81. The SMILES string of the molecule is BrC(Br)=CCn1nccc1Br. The second-order valence-electron chi connectivity index (χ2n) is 1.83. The van der Waals surface area contributed by atoms with Crippen LogP contribution in [-0.2, 0) is 6.54 Å². The minimum absolute atomic E-state index is 0.749. The van der Waals surface area contributed by atoms with Crippen molar-refractivity contribution in [3.8, 4) is 0 Å². The maximum absolute atomic E-state index is 4.07. The van der Waals surface area contributed by atoms with E-state index in [2.05, 4.69) is 52.9 Å². The molecule has 1 rings (SSSR count). The largest absolute Gasteiger partial charge is 0.255 e. The zero-order chi connectivity index (χ0) is 8.27. The zero-order valence-electron chi connectivity index (χ0n) is 5.47. The quantitative estimate of drug-likeness (QED) is 0.805. The molecule has 1 aromatic heterocycles. The summed E-state index contributed by atoms with van der Waals surface area (Å²) in [7, 11) is 0. The molecule has 11 heavy (non-hydrogen) atoms. The van der Waals surface area contributed by atoms with Gasteiger partial charge in [-0.3, -0.25) is 4.68 Å². The minimum atomic E-state index is 0.749. The van der Waals surface area contributed by atoms with Crippen LogP contribution in [0, 0.1) is 0 Å². The molecular formula is C6H5Br3N2. The predicted octanol–water partition coefficient (Wildman–Crippen LogP) is 3.28. The molecule has 0 saturated heterocycles. The first-order valence-corrected chi connectivity index (χ1v) is 5.26. The molecule has 1 heterocycles. The molecule has 0 amide bonds. The normalized spacial score (nSPS) is 9.73. The van der Waals surface area contributed by atoms with Gasteiger partial charge in [0.15, 0.2) is 0 Å². The summed E-state index contributed by atoms with van der Waals surface area (Å²) in [6.07, 6.45) is 3.72. The lowest BCUT2D eigenvalue weighted by Gasteiger charge is -1.96. The van der Waals surface area contributed by atoms with Gasteiger partial charge in [-0.05, 0) is 59.9 Å². The average molecular weight is 345 g/mol. The lowest BCUT2D eigenvalue weighted by molar-refractivity contribution is 0.686. The van der Waals surface area contributed by atoms with Crippen LogP contribution in [0.25, 0.3) is 0 Å². The number of rotatable bonds is 2. The summed E-state index contributed by atoms with van der Waals surface area (Å²) in [5.74, 6) is 0. The molecule has 0 aliphatic rings. The van der Waals surface area contributed by atoms with Crippen molar-refractivity contribution in [3.63, 3.8) is 0 Å². The molecule has 0 bridgehead atoms. The van der Waals surface area contributed by atoms with Crippen LogP contribution in [0.3, 0.4) is 0 Å². The third-order valence-electron chi connectivity index (χ3n) is 1.08. The van der Waals surface area contributed by atoms with Gasteiger partial charge < -0.3 is 0 Å². The number of aromatic nitrogens is 2. The highest BCUT2D eigenvalue weighted by Gasteiger charge is 1.94. The number of nitrogens with zero attached hydrogens (tertiary/aromatic N) is 2. The molecule has 1 aromatic rings. The molecule has 0 atom stereocenters. The molecule has 60 valence electrons. The smallest absolute Gasteiger partial charge is 0.104 e. The van der Waals surface area contributed by atoms with E-state index in [0.29, 0.717) is 0 Å². The maximum Gasteiger partial charge on any atom is 0.104 e.